The summed E-state index contributed by atoms with van der Waals surface area (Å²) in [5.74, 6) is -1.55. The zero-order chi connectivity index (χ0) is 17.3. The SMILES string of the molecule is O=C(O)C1CCc2ccccc2N1C(=O)c1ccc([N+](=O)[O-])cc1. The summed E-state index contributed by atoms with van der Waals surface area (Å²) < 4.78 is 0. The van der Waals surface area contributed by atoms with Gasteiger partial charge in [0, 0.05) is 23.4 Å². The molecule has 7 heteroatoms. The van der Waals surface area contributed by atoms with Crippen molar-refractivity contribution < 1.29 is 19.6 Å². The lowest BCUT2D eigenvalue weighted by atomic mass is 9.95. The highest BCUT2D eigenvalue weighted by atomic mass is 16.6. The number of nitrogens with zero attached hydrogens (tertiary/aromatic N) is 2. The second kappa shape index (κ2) is 6.11. The van der Waals surface area contributed by atoms with Crippen molar-refractivity contribution >= 4 is 23.3 Å². The molecule has 24 heavy (non-hydrogen) atoms. The minimum Gasteiger partial charge on any atom is -0.480 e. The number of hydrogen-bond acceptors (Lipinski definition) is 4. The van der Waals surface area contributed by atoms with Crippen LogP contribution in [0.2, 0.25) is 0 Å². The Balaban J connectivity index is 2.02. The van der Waals surface area contributed by atoms with Crippen molar-refractivity contribution in [1.29, 1.82) is 0 Å². The van der Waals surface area contributed by atoms with Crippen LogP contribution in [-0.4, -0.2) is 27.9 Å². The van der Waals surface area contributed by atoms with Crippen molar-refractivity contribution in [3.8, 4) is 0 Å². The van der Waals surface area contributed by atoms with Gasteiger partial charge in [0.05, 0.1) is 4.92 Å². The number of rotatable bonds is 3. The molecule has 2 aromatic carbocycles. The third-order valence-electron chi connectivity index (χ3n) is 4.08. The number of para-hydroxylation sites is 1. The van der Waals surface area contributed by atoms with Gasteiger partial charge in [0.2, 0.25) is 0 Å². The molecule has 1 unspecified atom stereocenters. The quantitative estimate of drug-likeness (QED) is 0.690. The molecule has 1 N–H and O–H groups in total. The first kappa shape index (κ1) is 15.7. The molecule has 1 atom stereocenters. The number of anilines is 1. The zero-order valence-electron chi connectivity index (χ0n) is 12.6. The number of amides is 1. The topological polar surface area (TPSA) is 101 Å². The van der Waals surface area contributed by atoms with Gasteiger partial charge in [-0.2, -0.15) is 0 Å². The van der Waals surface area contributed by atoms with Gasteiger partial charge in [-0.3, -0.25) is 19.8 Å². The van der Waals surface area contributed by atoms with Crippen molar-refractivity contribution in [3.05, 3.63) is 69.8 Å². The highest BCUT2D eigenvalue weighted by Gasteiger charge is 2.35. The molecule has 122 valence electrons. The van der Waals surface area contributed by atoms with Gasteiger partial charge in [-0.1, -0.05) is 18.2 Å². The molecule has 1 amide bonds. The van der Waals surface area contributed by atoms with Crippen LogP contribution in [0.3, 0.4) is 0 Å². The minimum atomic E-state index is -1.07. The number of fused-ring (bicyclic) bond motifs is 1. The van der Waals surface area contributed by atoms with Crippen LogP contribution in [0.4, 0.5) is 11.4 Å². The largest absolute Gasteiger partial charge is 0.480 e. The predicted molar refractivity (Wildman–Crippen MR) is 86.1 cm³/mol. The zero-order valence-corrected chi connectivity index (χ0v) is 12.6. The van der Waals surface area contributed by atoms with Crippen molar-refractivity contribution in [2.45, 2.75) is 18.9 Å². The van der Waals surface area contributed by atoms with Gasteiger partial charge in [-0.15, -0.1) is 0 Å². The highest BCUT2D eigenvalue weighted by Crippen LogP contribution is 2.32. The van der Waals surface area contributed by atoms with Crippen LogP contribution in [0.1, 0.15) is 22.3 Å². The molecule has 0 saturated carbocycles. The second-order valence-corrected chi connectivity index (χ2v) is 5.50. The highest BCUT2D eigenvalue weighted by molar-refractivity contribution is 6.10. The van der Waals surface area contributed by atoms with Crippen molar-refractivity contribution in [1.82, 2.24) is 0 Å². The van der Waals surface area contributed by atoms with Crippen LogP contribution < -0.4 is 4.90 Å². The van der Waals surface area contributed by atoms with E-state index in [1.54, 1.807) is 12.1 Å². The Bertz CT molecular complexity index is 816. The number of nitro groups is 1. The van der Waals surface area contributed by atoms with Crippen LogP contribution in [-0.2, 0) is 11.2 Å². The van der Waals surface area contributed by atoms with Gasteiger partial charge in [0.15, 0.2) is 0 Å². The number of carboxylic acids is 1. The number of aliphatic carboxylic acids is 1. The third-order valence-corrected chi connectivity index (χ3v) is 4.08. The van der Waals surface area contributed by atoms with E-state index in [-0.39, 0.29) is 11.3 Å². The van der Waals surface area contributed by atoms with Gasteiger partial charge in [0.25, 0.3) is 11.6 Å². The Kier molecular flexibility index (Phi) is 3.99. The summed E-state index contributed by atoms with van der Waals surface area (Å²) in [4.78, 5) is 35.9. The fourth-order valence-corrected chi connectivity index (χ4v) is 2.90. The number of benzene rings is 2. The molecule has 0 bridgehead atoms. The van der Waals surface area contributed by atoms with E-state index < -0.39 is 22.8 Å². The Hall–Kier alpha value is -3.22. The molecule has 7 nitrogen and oxygen atoms in total. The number of nitro benzene ring substituents is 1. The molecule has 1 aliphatic heterocycles. The molecular weight excluding hydrogens is 312 g/mol. The number of carbonyl (C=O) groups is 2. The molecule has 2 aromatic rings. The Morgan fingerprint density at radius 1 is 1.12 bits per heavy atom. The smallest absolute Gasteiger partial charge is 0.326 e. The molecule has 0 saturated heterocycles. The first-order chi connectivity index (χ1) is 11.5. The maximum atomic E-state index is 12.9. The standard InChI is InChI=1S/C17H14N2O5/c20-16(12-5-8-13(9-6-12)19(23)24)18-14-4-2-1-3-11(14)7-10-15(18)17(21)22/h1-6,8-9,15H,7,10H2,(H,21,22). The summed E-state index contributed by atoms with van der Waals surface area (Å²) in [5.41, 5.74) is 1.56. The molecule has 0 radical (unpaired) electrons. The Labute approximate surface area is 137 Å². The molecule has 0 aliphatic carbocycles. The summed E-state index contributed by atoms with van der Waals surface area (Å²) in [5, 5.41) is 20.2. The first-order valence-electron chi connectivity index (χ1n) is 7.38. The molecule has 1 aliphatic rings. The van der Waals surface area contributed by atoms with E-state index in [0.717, 1.165) is 5.56 Å². The second-order valence-electron chi connectivity index (χ2n) is 5.50. The van der Waals surface area contributed by atoms with Gasteiger partial charge >= 0.3 is 5.97 Å². The van der Waals surface area contributed by atoms with Crippen LogP contribution in [0.25, 0.3) is 0 Å². The lowest BCUT2D eigenvalue weighted by Gasteiger charge is -2.34. The third kappa shape index (κ3) is 2.71. The van der Waals surface area contributed by atoms with Gasteiger partial charge in [0.1, 0.15) is 6.04 Å². The Morgan fingerprint density at radius 3 is 2.42 bits per heavy atom. The van der Waals surface area contributed by atoms with Gasteiger partial charge < -0.3 is 5.11 Å². The van der Waals surface area contributed by atoms with E-state index in [9.17, 15) is 24.8 Å². The summed E-state index contributed by atoms with van der Waals surface area (Å²) >= 11 is 0. The molecule has 0 aromatic heterocycles. The van der Waals surface area contributed by atoms with Crippen LogP contribution >= 0.6 is 0 Å². The minimum absolute atomic E-state index is 0.125. The van der Waals surface area contributed by atoms with Crippen LogP contribution in [0, 0.1) is 10.1 Å². The van der Waals surface area contributed by atoms with Crippen LogP contribution in [0.5, 0.6) is 0 Å². The van der Waals surface area contributed by atoms with Gasteiger partial charge in [-0.25, -0.2) is 4.79 Å². The maximum Gasteiger partial charge on any atom is 0.326 e. The van der Waals surface area contributed by atoms with E-state index in [2.05, 4.69) is 0 Å². The van der Waals surface area contributed by atoms with E-state index in [0.29, 0.717) is 18.5 Å². The van der Waals surface area contributed by atoms with E-state index in [1.807, 2.05) is 12.1 Å². The monoisotopic (exact) mass is 326 g/mol. The number of carboxylic acid groups (broad SMARTS) is 1. The summed E-state index contributed by atoms with van der Waals surface area (Å²) in [7, 11) is 0. The predicted octanol–water partition coefficient (Wildman–Crippen LogP) is 2.64. The van der Waals surface area contributed by atoms with Crippen molar-refractivity contribution in [2.24, 2.45) is 0 Å². The number of hydrogen-bond donors (Lipinski definition) is 1. The molecule has 3 rings (SSSR count). The fraction of sp³-hybridized carbons (Fsp3) is 0.176. The number of aryl methyl sites for hydroxylation is 1. The summed E-state index contributed by atoms with van der Waals surface area (Å²) in [6.45, 7) is 0. The lowest BCUT2D eigenvalue weighted by Crippen LogP contribution is -2.48. The van der Waals surface area contributed by atoms with E-state index in [4.69, 9.17) is 0 Å². The molecular formula is C17H14N2O5. The first-order valence-corrected chi connectivity index (χ1v) is 7.38. The Morgan fingerprint density at radius 2 is 1.79 bits per heavy atom. The average molecular weight is 326 g/mol. The van der Waals surface area contributed by atoms with Crippen molar-refractivity contribution in [2.75, 3.05) is 4.90 Å². The maximum absolute atomic E-state index is 12.9. The molecule has 1 heterocycles. The summed E-state index contributed by atoms with van der Waals surface area (Å²) in [6, 6.07) is 11.4. The fourth-order valence-electron chi connectivity index (χ4n) is 2.90. The van der Waals surface area contributed by atoms with Crippen molar-refractivity contribution in [3.63, 3.8) is 0 Å². The van der Waals surface area contributed by atoms with Gasteiger partial charge in [-0.05, 0) is 36.6 Å². The number of non-ortho nitro benzene ring substituents is 1. The molecule has 0 spiro atoms. The van der Waals surface area contributed by atoms with E-state index in [1.165, 1.54) is 29.2 Å². The van der Waals surface area contributed by atoms with E-state index >= 15 is 0 Å². The lowest BCUT2D eigenvalue weighted by molar-refractivity contribution is -0.384. The summed E-state index contributed by atoms with van der Waals surface area (Å²) in [6.07, 6.45) is 0.905. The average Bonchev–Trinajstić information content (AvgIpc) is 2.60. The number of carbonyl (C=O) groups excluding carboxylic acids is 1. The normalized spacial score (nSPS) is 16.3. The molecule has 0 fully saturated rings. The van der Waals surface area contributed by atoms with Crippen LogP contribution in [0.15, 0.2) is 48.5 Å².